The first kappa shape index (κ1) is 19.3. The molecule has 0 aliphatic rings. The Labute approximate surface area is 142 Å². The molecule has 0 aliphatic heterocycles. The lowest BCUT2D eigenvalue weighted by Gasteiger charge is -2.01. The number of hydrogen-bond acceptors (Lipinski definition) is 1. The van der Waals surface area contributed by atoms with Gasteiger partial charge in [0.15, 0.2) is 0 Å². The summed E-state index contributed by atoms with van der Waals surface area (Å²) in [6, 6.07) is 5.60. The summed E-state index contributed by atoms with van der Waals surface area (Å²) in [7, 11) is 0. The molecule has 1 aromatic rings. The largest absolute Gasteiger partial charge is 0.508 e. The van der Waals surface area contributed by atoms with E-state index in [2.05, 4.69) is 25.2 Å². The number of aromatic hydroxyl groups is 1. The van der Waals surface area contributed by atoms with Crippen molar-refractivity contribution in [1.29, 1.82) is 0 Å². The Kier molecular flexibility index (Phi) is 10.7. The third-order valence-electron chi connectivity index (χ3n) is 4.07. The first-order chi connectivity index (χ1) is 11.3. The van der Waals surface area contributed by atoms with Crippen molar-refractivity contribution in [3.8, 4) is 5.75 Å². The van der Waals surface area contributed by atoms with E-state index in [1.807, 2.05) is 37.3 Å². The van der Waals surface area contributed by atoms with Crippen LogP contribution >= 0.6 is 0 Å². The molecule has 126 valence electrons. The van der Waals surface area contributed by atoms with Gasteiger partial charge in [0.2, 0.25) is 0 Å². The molecule has 0 spiro atoms. The average Bonchev–Trinajstić information content (AvgIpc) is 2.55. The summed E-state index contributed by atoms with van der Waals surface area (Å²) in [5.41, 5.74) is 1.98. The van der Waals surface area contributed by atoms with Gasteiger partial charge < -0.3 is 5.11 Å². The van der Waals surface area contributed by atoms with Crippen molar-refractivity contribution in [2.24, 2.45) is 0 Å². The minimum absolute atomic E-state index is 0.353. The van der Waals surface area contributed by atoms with E-state index in [4.69, 9.17) is 0 Å². The van der Waals surface area contributed by atoms with Crippen molar-refractivity contribution >= 4 is 6.08 Å². The second-order valence-electron chi connectivity index (χ2n) is 6.07. The molecule has 0 saturated heterocycles. The zero-order chi connectivity index (χ0) is 16.8. The molecule has 1 aromatic carbocycles. The van der Waals surface area contributed by atoms with Crippen LogP contribution in [0.3, 0.4) is 0 Å². The highest BCUT2D eigenvalue weighted by atomic mass is 16.3. The Morgan fingerprint density at radius 3 is 2.35 bits per heavy atom. The number of unbranched alkanes of at least 4 members (excludes halogenated alkanes) is 7. The summed E-state index contributed by atoms with van der Waals surface area (Å²) in [5, 5.41) is 9.64. The van der Waals surface area contributed by atoms with Gasteiger partial charge in [0.05, 0.1) is 0 Å². The molecule has 0 aromatic heterocycles. The molecule has 0 unspecified atom stereocenters. The van der Waals surface area contributed by atoms with Gasteiger partial charge in [0, 0.05) is 0 Å². The molecule has 0 bridgehead atoms. The molecule has 1 heteroatoms. The van der Waals surface area contributed by atoms with Crippen molar-refractivity contribution < 1.29 is 5.11 Å². The molecule has 0 aliphatic carbocycles. The third kappa shape index (κ3) is 9.07. The molecule has 0 radical (unpaired) electrons. The maximum Gasteiger partial charge on any atom is 0.119 e. The molecular formula is C22H32O. The normalized spacial score (nSPS) is 12.1. The number of allylic oxidation sites excluding steroid dienone is 5. The van der Waals surface area contributed by atoms with Crippen LogP contribution in [0.15, 0.2) is 48.6 Å². The van der Waals surface area contributed by atoms with E-state index in [9.17, 15) is 5.11 Å². The van der Waals surface area contributed by atoms with Crippen LogP contribution in [-0.4, -0.2) is 5.11 Å². The number of benzene rings is 1. The Morgan fingerprint density at radius 1 is 0.870 bits per heavy atom. The zero-order valence-electron chi connectivity index (χ0n) is 14.8. The van der Waals surface area contributed by atoms with Crippen LogP contribution in [0.2, 0.25) is 0 Å². The van der Waals surface area contributed by atoms with E-state index >= 15 is 0 Å². The molecule has 23 heavy (non-hydrogen) atoms. The summed E-state index contributed by atoms with van der Waals surface area (Å²) in [4.78, 5) is 0. The summed E-state index contributed by atoms with van der Waals surface area (Å²) in [6.07, 6.45) is 23.2. The van der Waals surface area contributed by atoms with E-state index < -0.39 is 0 Å². The number of rotatable bonds is 11. The van der Waals surface area contributed by atoms with Crippen LogP contribution in [0.5, 0.6) is 5.75 Å². The quantitative estimate of drug-likeness (QED) is 0.345. The molecule has 0 fully saturated rings. The lowest BCUT2D eigenvalue weighted by molar-refractivity contribution is 0.471. The van der Waals surface area contributed by atoms with E-state index in [0.717, 1.165) is 11.1 Å². The fraction of sp³-hybridized carbons (Fsp3) is 0.455. The Bertz CT molecular complexity index is 509. The van der Waals surface area contributed by atoms with Crippen LogP contribution in [-0.2, 0) is 0 Å². The van der Waals surface area contributed by atoms with Crippen molar-refractivity contribution in [2.45, 2.75) is 65.2 Å². The minimum atomic E-state index is 0.353. The predicted octanol–water partition coefficient (Wildman–Crippen LogP) is 6.97. The van der Waals surface area contributed by atoms with Gasteiger partial charge in [-0.25, -0.2) is 0 Å². The summed E-state index contributed by atoms with van der Waals surface area (Å²) in [6.45, 7) is 4.19. The highest BCUT2D eigenvalue weighted by molar-refractivity contribution is 5.58. The average molecular weight is 312 g/mol. The van der Waals surface area contributed by atoms with E-state index in [1.54, 1.807) is 6.07 Å². The highest BCUT2D eigenvalue weighted by Crippen LogP contribution is 2.20. The first-order valence-electron chi connectivity index (χ1n) is 9.04. The third-order valence-corrected chi connectivity index (χ3v) is 4.07. The molecule has 0 heterocycles. The van der Waals surface area contributed by atoms with Crippen molar-refractivity contribution in [1.82, 2.24) is 0 Å². The van der Waals surface area contributed by atoms with Gasteiger partial charge >= 0.3 is 0 Å². The van der Waals surface area contributed by atoms with Crippen LogP contribution in [0, 0.1) is 6.92 Å². The fourth-order valence-electron chi connectivity index (χ4n) is 2.50. The van der Waals surface area contributed by atoms with Crippen LogP contribution in [0.25, 0.3) is 6.08 Å². The first-order valence-corrected chi connectivity index (χ1v) is 9.04. The Balaban J connectivity index is 2.14. The highest BCUT2D eigenvalue weighted by Gasteiger charge is 1.97. The summed E-state index contributed by atoms with van der Waals surface area (Å²) in [5.74, 6) is 0.353. The lowest BCUT2D eigenvalue weighted by atomic mass is 10.1. The molecule has 1 N–H and O–H groups in total. The SMILES string of the molecule is CCCCCCCCCC=CC=CC=Cc1cccc(O)c1C. The standard InChI is InChI=1S/C22H32O/c1-3-4-5-6-7-8-9-10-11-12-13-14-15-17-21-18-16-19-22(23)20(21)2/h11-19,23H,3-10H2,1-2H3. The minimum Gasteiger partial charge on any atom is -0.508 e. The van der Waals surface area contributed by atoms with Crippen molar-refractivity contribution in [2.75, 3.05) is 0 Å². The molecule has 0 amide bonds. The number of phenolic OH excluding ortho intramolecular Hbond substituents is 1. The summed E-state index contributed by atoms with van der Waals surface area (Å²) < 4.78 is 0. The van der Waals surface area contributed by atoms with E-state index in [1.165, 1.54) is 51.4 Å². The second-order valence-corrected chi connectivity index (χ2v) is 6.07. The number of hydrogen-bond donors (Lipinski definition) is 1. The van der Waals surface area contributed by atoms with Crippen molar-refractivity contribution in [3.05, 3.63) is 59.7 Å². The smallest absolute Gasteiger partial charge is 0.119 e. The lowest BCUT2D eigenvalue weighted by Crippen LogP contribution is -1.79. The van der Waals surface area contributed by atoms with Gasteiger partial charge in [-0.05, 0) is 37.0 Å². The molecule has 1 nitrogen and oxygen atoms in total. The van der Waals surface area contributed by atoms with Gasteiger partial charge in [-0.2, -0.15) is 0 Å². The molecule has 0 atom stereocenters. The van der Waals surface area contributed by atoms with Gasteiger partial charge in [-0.1, -0.05) is 94.0 Å². The molecule has 1 rings (SSSR count). The monoisotopic (exact) mass is 312 g/mol. The van der Waals surface area contributed by atoms with Crippen LogP contribution in [0.4, 0.5) is 0 Å². The Morgan fingerprint density at radius 2 is 1.57 bits per heavy atom. The van der Waals surface area contributed by atoms with Crippen LogP contribution < -0.4 is 0 Å². The van der Waals surface area contributed by atoms with E-state index in [-0.39, 0.29) is 0 Å². The molecular weight excluding hydrogens is 280 g/mol. The molecule has 0 saturated carbocycles. The van der Waals surface area contributed by atoms with Crippen LogP contribution in [0.1, 0.15) is 69.4 Å². The summed E-state index contributed by atoms with van der Waals surface area (Å²) >= 11 is 0. The van der Waals surface area contributed by atoms with Crippen molar-refractivity contribution in [3.63, 3.8) is 0 Å². The van der Waals surface area contributed by atoms with Gasteiger partial charge in [0.1, 0.15) is 5.75 Å². The maximum absolute atomic E-state index is 9.64. The fourth-order valence-corrected chi connectivity index (χ4v) is 2.50. The Hall–Kier alpha value is -1.76. The number of phenols is 1. The zero-order valence-corrected chi connectivity index (χ0v) is 14.8. The van der Waals surface area contributed by atoms with Gasteiger partial charge in [-0.15, -0.1) is 0 Å². The topological polar surface area (TPSA) is 20.2 Å². The van der Waals surface area contributed by atoms with E-state index in [0.29, 0.717) is 5.75 Å². The second kappa shape index (κ2) is 12.8. The van der Waals surface area contributed by atoms with Gasteiger partial charge in [0.25, 0.3) is 0 Å². The predicted molar refractivity (Wildman–Crippen MR) is 103 cm³/mol. The van der Waals surface area contributed by atoms with Gasteiger partial charge in [-0.3, -0.25) is 0 Å². The maximum atomic E-state index is 9.64.